The Hall–Kier alpha value is -4.79. The maximum Gasteiger partial charge on any atom is 0.273 e. The Morgan fingerprint density at radius 3 is 2.79 bits per heavy atom. The van der Waals surface area contributed by atoms with Crippen LogP contribution in [-0.4, -0.2) is 38.3 Å². The van der Waals surface area contributed by atoms with Crippen LogP contribution >= 0.6 is 0 Å². The molecule has 5 aromatic rings. The number of amides is 1. The van der Waals surface area contributed by atoms with Crippen LogP contribution in [0.3, 0.4) is 0 Å². The van der Waals surface area contributed by atoms with Crippen LogP contribution < -0.4 is 10.1 Å². The molecule has 9 heteroatoms. The van der Waals surface area contributed by atoms with E-state index in [0.29, 0.717) is 41.0 Å². The molecule has 0 saturated carbocycles. The molecule has 0 radical (unpaired) electrons. The van der Waals surface area contributed by atoms with Crippen LogP contribution in [0.1, 0.15) is 21.9 Å². The standard InChI is InChI=1S/C25H20N6O3/c1-33-19-9-4-7-16(12-19)21-14-22(30-29-21)25(32)27-20-10-3-2-6-17(20)13-23-28-24(31-34-23)18-8-5-11-26-15-18/h2-12,14-15H,13H2,1H3,(H,27,32)(H,29,30). The lowest BCUT2D eigenvalue weighted by atomic mass is 10.1. The first-order valence-corrected chi connectivity index (χ1v) is 10.5. The van der Waals surface area contributed by atoms with Crippen LogP contribution in [-0.2, 0) is 6.42 Å². The molecular weight excluding hydrogens is 432 g/mol. The summed E-state index contributed by atoms with van der Waals surface area (Å²) in [5.41, 5.74) is 4.08. The lowest BCUT2D eigenvalue weighted by Crippen LogP contribution is -2.14. The largest absolute Gasteiger partial charge is 0.497 e. The van der Waals surface area contributed by atoms with Crippen LogP contribution in [0.2, 0.25) is 0 Å². The number of pyridine rings is 1. The second-order valence-electron chi connectivity index (χ2n) is 7.44. The van der Waals surface area contributed by atoms with Gasteiger partial charge in [-0.05, 0) is 42.0 Å². The van der Waals surface area contributed by atoms with Gasteiger partial charge in [0.2, 0.25) is 11.7 Å². The minimum atomic E-state index is -0.310. The number of benzene rings is 2. The maximum absolute atomic E-state index is 12.9. The first kappa shape index (κ1) is 21.1. The van der Waals surface area contributed by atoms with Gasteiger partial charge in [0.15, 0.2) is 0 Å². The van der Waals surface area contributed by atoms with Gasteiger partial charge in [-0.2, -0.15) is 10.1 Å². The third-order valence-corrected chi connectivity index (χ3v) is 5.18. The van der Waals surface area contributed by atoms with E-state index in [1.165, 1.54) is 0 Å². The number of nitrogens with zero attached hydrogens (tertiary/aromatic N) is 4. The molecule has 0 saturated heterocycles. The minimum Gasteiger partial charge on any atom is -0.497 e. The summed E-state index contributed by atoms with van der Waals surface area (Å²) in [6, 6.07) is 20.3. The Bertz CT molecular complexity index is 1430. The van der Waals surface area contributed by atoms with Gasteiger partial charge in [-0.3, -0.25) is 14.9 Å². The van der Waals surface area contributed by atoms with Crippen molar-refractivity contribution in [1.29, 1.82) is 0 Å². The van der Waals surface area contributed by atoms with Crippen molar-refractivity contribution in [3.8, 4) is 28.4 Å². The molecule has 0 aliphatic rings. The van der Waals surface area contributed by atoms with E-state index < -0.39 is 0 Å². The van der Waals surface area contributed by atoms with Crippen LogP contribution in [0.25, 0.3) is 22.6 Å². The van der Waals surface area contributed by atoms with Crippen LogP contribution in [0.5, 0.6) is 5.75 Å². The number of carbonyl (C=O) groups is 1. The summed E-state index contributed by atoms with van der Waals surface area (Å²) in [4.78, 5) is 21.4. The fraction of sp³-hybridized carbons (Fsp3) is 0.0800. The monoisotopic (exact) mass is 452 g/mol. The van der Waals surface area contributed by atoms with Gasteiger partial charge in [0.25, 0.3) is 5.91 Å². The first-order valence-electron chi connectivity index (χ1n) is 10.5. The van der Waals surface area contributed by atoms with E-state index in [-0.39, 0.29) is 5.91 Å². The molecule has 0 bridgehead atoms. The SMILES string of the molecule is COc1cccc(-c2cc(C(=O)Nc3ccccc3Cc3nc(-c4cccnc4)no3)[nH]n2)c1. The molecule has 0 aliphatic carbocycles. The number of H-pyrrole nitrogens is 1. The Morgan fingerprint density at radius 1 is 1.06 bits per heavy atom. The number of nitrogens with one attached hydrogen (secondary N) is 2. The van der Waals surface area contributed by atoms with Crippen LogP contribution in [0, 0.1) is 0 Å². The molecule has 0 atom stereocenters. The predicted octanol–water partition coefficient (Wildman–Crippen LogP) is 4.37. The third kappa shape index (κ3) is 4.53. The molecule has 3 heterocycles. The highest BCUT2D eigenvalue weighted by Gasteiger charge is 2.16. The van der Waals surface area contributed by atoms with Crippen molar-refractivity contribution in [2.24, 2.45) is 0 Å². The molecule has 5 rings (SSSR count). The normalized spacial score (nSPS) is 10.7. The van der Waals surface area contributed by atoms with Crippen molar-refractivity contribution in [3.05, 3.63) is 96.3 Å². The predicted molar refractivity (Wildman–Crippen MR) is 125 cm³/mol. The zero-order chi connectivity index (χ0) is 23.3. The zero-order valence-corrected chi connectivity index (χ0v) is 18.2. The summed E-state index contributed by atoms with van der Waals surface area (Å²) in [6.07, 6.45) is 3.72. The second kappa shape index (κ2) is 9.37. The van der Waals surface area contributed by atoms with Gasteiger partial charge in [0.1, 0.15) is 11.4 Å². The number of hydrogen-bond donors (Lipinski definition) is 2. The highest BCUT2D eigenvalue weighted by Crippen LogP contribution is 2.24. The van der Waals surface area contributed by atoms with Crippen LogP contribution in [0.4, 0.5) is 5.69 Å². The smallest absolute Gasteiger partial charge is 0.273 e. The van der Waals surface area contributed by atoms with Crippen molar-refractivity contribution >= 4 is 11.6 Å². The van der Waals surface area contributed by atoms with E-state index in [1.54, 1.807) is 25.6 Å². The quantitative estimate of drug-likeness (QED) is 0.376. The molecule has 34 heavy (non-hydrogen) atoms. The number of carbonyl (C=O) groups excluding carboxylic acids is 1. The van der Waals surface area contributed by atoms with Crippen molar-refractivity contribution in [3.63, 3.8) is 0 Å². The van der Waals surface area contributed by atoms with Crippen molar-refractivity contribution in [2.45, 2.75) is 6.42 Å². The summed E-state index contributed by atoms with van der Waals surface area (Å²) in [6.45, 7) is 0. The van der Waals surface area contributed by atoms with E-state index in [9.17, 15) is 4.79 Å². The summed E-state index contributed by atoms with van der Waals surface area (Å²) < 4.78 is 10.7. The second-order valence-corrected chi connectivity index (χ2v) is 7.44. The number of para-hydroxylation sites is 1. The van der Waals surface area contributed by atoms with Gasteiger partial charge >= 0.3 is 0 Å². The van der Waals surface area contributed by atoms with Crippen molar-refractivity contribution in [1.82, 2.24) is 25.3 Å². The average molecular weight is 452 g/mol. The topological polar surface area (TPSA) is 119 Å². The lowest BCUT2D eigenvalue weighted by Gasteiger charge is -2.08. The number of anilines is 1. The summed E-state index contributed by atoms with van der Waals surface area (Å²) >= 11 is 0. The Morgan fingerprint density at radius 2 is 1.94 bits per heavy atom. The highest BCUT2D eigenvalue weighted by molar-refractivity contribution is 6.03. The molecule has 0 spiro atoms. The van der Waals surface area contributed by atoms with E-state index in [1.807, 2.05) is 60.7 Å². The number of rotatable bonds is 7. The third-order valence-electron chi connectivity index (χ3n) is 5.18. The van der Waals surface area contributed by atoms with E-state index in [2.05, 4.69) is 30.6 Å². The fourth-order valence-electron chi connectivity index (χ4n) is 3.46. The van der Waals surface area contributed by atoms with E-state index in [4.69, 9.17) is 9.26 Å². The maximum atomic E-state index is 12.9. The van der Waals surface area contributed by atoms with Crippen molar-refractivity contribution in [2.75, 3.05) is 12.4 Å². The molecule has 1 amide bonds. The van der Waals surface area contributed by atoms with Gasteiger partial charge in [-0.25, -0.2) is 0 Å². The summed E-state index contributed by atoms with van der Waals surface area (Å²) in [5, 5.41) is 14.0. The molecule has 2 aromatic carbocycles. The van der Waals surface area contributed by atoms with Gasteiger partial charge in [0.05, 0.1) is 19.2 Å². The number of ether oxygens (including phenoxy) is 1. The fourth-order valence-corrected chi connectivity index (χ4v) is 3.46. The first-order chi connectivity index (χ1) is 16.7. The Labute approximate surface area is 194 Å². The molecule has 9 nitrogen and oxygen atoms in total. The zero-order valence-electron chi connectivity index (χ0n) is 18.2. The number of aromatic amines is 1. The highest BCUT2D eigenvalue weighted by atomic mass is 16.5. The summed E-state index contributed by atoms with van der Waals surface area (Å²) in [7, 11) is 1.61. The minimum absolute atomic E-state index is 0.310. The van der Waals surface area contributed by atoms with Gasteiger partial charge in [-0.15, -0.1) is 0 Å². The van der Waals surface area contributed by atoms with Crippen molar-refractivity contribution < 1.29 is 14.1 Å². The molecular formula is C25H20N6O3. The molecule has 0 unspecified atom stereocenters. The molecule has 168 valence electrons. The molecule has 3 aromatic heterocycles. The number of aromatic nitrogens is 5. The number of hydrogen-bond acceptors (Lipinski definition) is 7. The lowest BCUT2D eigenvalue weighted by molar-refractivity contribution is 0.102. The number of methoxy groups -OCH3 is 1. The Kier molecular flexibility index (Phi) is 5.81. The van der Waals surface area contributed by atoms with Crippen LogP contribution in [0.15, 0.2) is 83.6 Å². The Balaban J connectivity index is 1.32. The van der Waals surface area contributed by atoms with Gasteiger partial charge < -0.3 is 14.6 Å². The van der Waals surface area contributed by atoms with E-state index >= 15 is 0 Å². The van der Waals surface area contributed by atoms with Gasteiger partial charge in [-0.1, -0.05) is 35.5 Å². The summed E-state index contributed by atoms with van der Waals surface area (Å²) in [5.74, 6) is 1.30. The van der Waals surface area contributed by atoms with Gasteiger partial charge in [0, 0.05) is 29.2 Å². The van der Waals surface area contributed by atoms with E-state index in [0.717, 1.165) is 16.7 Å². The average Bonchev–Trinajstić information content (AvgIpc) is 3.56. The molecule has 2 N–H and O–H groups in total. The molecule has 0 fully saturated rings. The molecule has 0 aliphatic heterocycles.